The Morgan fingerprint density at radius 2 is 1.66 bits per heavy atom. The van der Waals surface area contributed by atoms with Gasteiger partial charge in [-0.05, 0) is 160 Å². The number of aliphatic hydroxyl groups excluding tert-OH is 1. The topological polar surface area (TPSA) is 163 Å². The lowest BCUT2D eigenvalue weighted by atomic mass is 9.52. The largest absolute Gasteiger partial charge is 0.616 e. The van der Waals surface area contributed by atoms with Gasteiger partial charge in [-0.1, -0.05) is 68.4 Å². The normalized spacial score (nSPS) is 23.7. The molecule has 0 radical (unpaired) electrons. The van der Waals surface area contributed by atoms with Crippen molar-refractivity contribution in [2.45, 2.75) is 154 Å². The number of anilines is 1. The van der Waals surface area contributed by atoms with Gasteiger partial charge in [0.2, 0.25) is 5.95 Å². The summed E-state index contributed by atoms with van der Waals surface area (Å²) in [7, 11) is 0. The lowest BCUT2D eigenvalue weighted by molar-refractivity contribution is -0.284. The first-order valence-electron chi connectivity index (χ1n) is 26.6. The summed E-state index contributed by atoms with van der Waals surface area (Å²) in [4.78, 5) is 38.0. The second kappa shape index (κ2) is 24.2. The fourth-order valence-electron chi connectivity index (χ4n) is 12.5. The van der Waals surface area contributed by atoms with E-state index in [1.54, 1.807) is 6.07 Å². The van der Waals surface area contributed by atoms with E-state index in [1.165, 1.54) is 22.5 Å². The van der Waals surface area contributed by atoms with Gasteiger partial charge in [0, 0.05) is 37.0 Å². The second-order valence-corrected chi connectivity index (χ2v) is 24.0. The van der Waals surface area contributed by atoms with Gasteiger partial charge < -0.3 is 35.1 Å². The number of aromatic nitrogens is 2. The smallest absolute Gasteiger partial charge is 0.453 e. The second-order valence-electron chi connectivity index (χ2n) is 21.3. The number of thiophene rings is 1. The average Bonchev–Trinajstić information content (AvgIpc) is 3.92. The van der Waals surface area contributed by atoms with Gasteiger partial charge in [0.1, 0.15) is 27.8 Å². The molecule has 7 atom stereocenters. The van der Waals surface area contributed by atoms with Gasteiger partial charge in [0.05, 0.1) is 23.3 Å². The number of likely N-dealkylation sites (tertiary alicyclic amines) is 1. The molecule has 8 rings (SSSR count). The quantitative estimate of drug-likeness (QED) is 0.0395. The van der Waals surface area contributed by atoms with Crippen molar-refractivity contribution in [3.05, 3.63) is 64.5 Å². The average molecular weight is 1060 g/mol. The molecule has 18 heteroatoms. The Bertz CT molecular complexity index is 2510. The molecule has 4 N–H and O–H groups in total. The van der Waals surface area contributed by atoms with E-state index < -0.39 is 36.1 Å². The zero-order valence-electron chi connectivity index (χ0n) is 42.2. The summed E-state index contributed by atoms with van der Waals surface area (Å²) in [5, 5.41) is 14.8. The first-order chi connectivity index (χ1) is 34.9. The van der Waals surface area contributed by atoms with Crippen molar-refractivity contribution in [2.24, 2.45) is 29.1 Å². The third-order valence-electron chi connectivity index (χ3n) is 16.5. The van der Waals surface area contributed by atoms with Crippen LogP contribution in [0.5, 0.6) is 11.5 Å². The highest BCUT2D eigenvalue weighted by molar-refractivity contribution is 7.91. The van der Waals surface area contributed by atoms with Gasteiger partial charge in [-0.25, -0.2) is 14.8 Å². The maximum atomic E-state index is 13.6. The Hall–Kier alpha value is -4.26. The molecule has 4 aromatic rings. The van der Waals surface area contributed by atoms with E-state index in [2.05, 4.69) is 34.3 Å². The van der Waals surface area contributed by atoms with Crippen LogP contribution in [0.2, 0.25) is 0 Å². The molecule has 400 valence electrons. The number of unbranched alkanes of at least 4 members (excludes halogenated alkanes) is 6. The Morgan fingerprint density at radius 3 is 2.41 bits per heavy atom. The molecular formula is C55H72F5N5O6S2. The fraction of sp³-hybridized carbons (Fsp3) is 0.636. The third-order valence-corrected chi connectivity index (χ3v) is 19.0. The molecule has 73 heavy (non-hydrogen) atoms. The number of carbonyl (C=O) groups is 2. The predicted molar refractivity (Wildman–Crippen MR) is 277 cm³/mol. The number of nitrogens with one attached hydrogen (secondary N) is 1. The Morgan fingerprint density at radius 1 is 0.918 bits per heavy atom. The first kappa shape index (κ1) is 55.0. The standard InChI is InChI=1S/C55H72F5N5O6S2/c1-3-62-49(67)45-34-43-48(63-51(61)64-50(43)72-45)37-14-11-15-39(32-37)70-28-23-35-21-26-65(27-22-35)52(68)71-40-16-17-41-38(33-40)31-36(47-42(41)20-25-53(2)44(47)18-19-46(53)66)13-9-7-5-4-6-8-10-29-73(69)30-12-24-54(56,57)55(58,59)60/h11,14-17,32-36,42,44,46-47,66H,3-10,12-13,18-31H2,1-2H3,(H,62,67)(H2,61,63,64). The molecule has 2 saturated carbocycles. The summed E-state index contributed by atoms with van der Waals surface area (Å²) in [5.41, 5.74) is 10.1. The third kappa shape index (κ3) is 13.2. The molecular weight excluding hydrogens is 986 g/mol. The molecule has 11 nitrogen and oxygen atoms in total. The van der Waals surface area contributed by atoms with Crippen LogP contribution in [-0.2, 0) is 17.6 Å². The Labute approximate surface area is 433 Å². The number of carbonyl (C=O) groups excluding carboxylic acids is 2. The summed E-state index contributed by atoms with van der Waals surface area (Å²) >= 11 is -0.118. The van der Waals surface area contributed by atoms with Crippen molar-refractivity contribution < 1.29 is 50.7 Å². The van der Waals surface area contributed by atoms with E-state index >= 15 is 0 Å². The van der Waals surface area contributed by atoms with Crippen LogP contribution in [0.4, 0.5) is 32.7 Å². The van der Waals surface area contributed by atoms with Gasteiger partial charge in [-0.3, -0.25) is 4.79 Å². The molecule has 2 amide bonds. The van der Waals surface area contributed by atoms with Gasteiger partial charge in [-0.2, -0.15) is 22.0 Å². The van der Waals surface area contributed by atoms with E-state index in [0.717, 1.165) is 107 Å². The zero-order chi connectivity index (χ0) is 51.9. The zero-order valence-corrected chi connectivity index (χ0v) is 43.8. The van der Waals surface area contributed by atoms with Crippen molar-refractivity contribution in [1.29, 1.82) is 0 Å². The van der Waals surface area contributed by atoms with Crippen LogP contribution in [0.15, 0.2) is 48.5 Å². The van der Waals surface area contributed by atoms with Crippen LogP contribution in [0.1, 0.15) is 150 Å². The number of hydrogen-bond acceptors (Lipinski definition) is 10. The SMILES string of the molecule is CCNC(=O)c1cc2c(-c3cccc(OCCC4CCN(C(=O)Oc5ccc6c(c5)CC(CCCCCCCCC[S+]([O-])CCCC(F)(F)C(F)(F)F)C5C6CCC6(C)C(O)CCC56)CC4)c3)nc(N)nc2s1. The van der Waals surface area contributed by atoms with Crippen LogP contribution in [0.3, 0.4) is 0 Å². The number of hydrogen-bond donors (Lipinski definition) is 3. The summed E-state index contributed by atoms with van der Waals surface area (Å²) < 4.78 is 88.1. The number of ether oxygens (including phenoxy) is 2. The number of halogens is 5. The molecule has 0 bridgehead atoms. The van der Waals surface area contributed by atoms with E-state index in [0.29, 0.717) is 94.9 Å². The van der Waals surface area contributed by atoms with Crippen LogP contribution in [-0.4, -0.2) is 92.5 Å². The van der Waals surface area contributed by atoms with Crippen LogP contribution >= 0.6 is 11.3 Å². The Balaban J connectivity index is 0.784. The lowest BCUT2D eigenvalue weighted by Crippen LogP contribution is -2.47. The molecule has 2 aromatic heterocycles. The van der Waals surface area contributed by atoms with Gasteiger partial charge in [-0.15, -0.1) is 11.3 Å². The highest BCUT2D eigenvalue weighted by atomic mass is 32.2. The lowest BCUT2D eigenvalue weighted by Gasteiger charge is -2.53. The van der Waals surface area contributed by atoms with Gasteiger partial charge in [0.25, 0.3) is 5.91 Å². The molecule has 4 aliphatic rings. The van der Waals surface area contributed by atoms with Gasteiger partial charge in [0.15, 0.2) is 0 Å². The van der Waals surface area contributed by atoms with Crippen LogP contribution in [0.25, 0.3) is 21.5 Å². The number of alkyl halides is 5. The molecule has 0 spiro atoms. The predicted octanol–water partition coefficient (Wildman–Crippen LogP) is 12.7. The highest BCUT2D eigenvalue weighted by Crippen LogP contribution is 2.63. The van der Waals surface area contributed by atoms with Gasteiger partial charge >= 0.3 is 18.2 Å². The van der Waals surface area contributed by atoms with Crippen LogP contribution in [0, 0.1) is 29.1 Å². The van der Waals surface area contributed by atoms with Crippen molar-refractivity contribution in [1.82, 2.24) is 20.2 Å². The van der Waals surface area contributed by atoms with E-state index in [1.807, 2.05) is 42.2 Å². The van der Waals surface area contributed by atoms with E-state index in [4.69, 9.17) is 15.2 Å². The number of nitrogens with zero attached hydrogens (tertiary/aromatic N) is 3. The minimum absolute atomic E-state index is 0.0646. The van der Waals surface area contributed by atoms with E-state index in [9.17, 15) is 41.2 Å². The molecule has 7 unspecified atom stereocenters. The molecule has 3 fully saturated rings. The maximum absolute atomic E-state index is 13.6. The van der Waals surface area contributed by atoms with Crippen molar-refractivity contribution >= 4 is 50.7 Å². The Kier molecular flexibility index (Phi) is 18.2. The number of aliphatic hydroxyl groups is 1. The van der Waals surface area contributed by atoms with Crippen molar-refractivity contribution in [2.75, 3.05) is 43.5 Å². The highest BCUT2D eigenvalue weighted by Gasteiger charge is 2.57. The molecule has 3 aliphatic carbocycles. The molecule has 3 heterocycles. The molecule has 1 aliphatic heterocycles. The molecule has 2 aromatic carbocycles. The summed E-state index contributed by atoms with van der Waals surface area (Å²) in [5.74, 6) is -1.08. The number of nitrogen functional groups attached to an aromatic ring is 1. The van der Waals surface area contributed by atoms with Crippen molar-refractivity contribution in [3.63, 3.8) is 0 Å². The minimum atomic E-state index is -5.57. The number of nitrogens with two attached hydrogens (primary N) is 1. The number of fused-ring (bicyclic) bond motifs is 6. The molecule has 1 saturated heterocycles. The maximum Gasteiger partial charge on any atom is 0.453 e. The minimum Gasteiger partial charge on any atom is -0.616 e. The van der Waals surface area contributed by atoms with Crippen LogP contribution < -0.4 is 20.5 Å². The first-order valence-corrected chi connectivity index (χ1v) is 28.9. The summed E-state index contributed by atoms with van der Waals surface area (Å²) in [6, 6.07) is 15.8. The summed E-state index contributed by atoms with van der Waals surface area (Å²) in [6.07, 6.45) is 7.32. The van der Waals surface area contributed by atoms with Crippen molar-refractivity contribution in [3.8, 4) is 22.8 Å². The number of benzene rings is 2. The number of amides is 2. The summed E-state index contributed by atoms with van der Waals surface area (Å²) in [6.45, 7) is 6.43. The fourth-order valence-corrected chi connectivity index (χ4v) is 14.7. The monoisotopic (exact) mass is 1060 g/mol. The number of rotatable bonds is 22. The number of piperidine rings is 1. The van der Waals surface area contributed by atoms with E-state index in [-0.39, 0.29) is 35.2 Å².